The van der Waals surface area contributed by atoms with Gasteiger partial charge in [0.25, 0.3) is 0 Å². The van der Waals surface area contributed by atoms with E-state index >= 15 is 0 Å². The van der Waals surface area contributed by atoms with Gasteiger partial charge in [-0.3, -0.25) is 9.59 Å². The van der Waals surface area contributed by atoms with Gasteiger partial charge >= 0.3 is 11.9 Å². The zero-order chi connectivity index (χ0) is 17.0. The third-order valence-corrected chi connectivity index (χ3v) is 3.52. The topological polar surface area (TPSA) is 87.8 Å². The van der Waals surface area contributed by atoms with Crippen LogP contribution >= 0.6 is 0 Å². The molecular weight excluding hydrogens is 298 g/mol. The second-order valence-corrected chi connectivity index (χ2v) is 5.47. The van der Waals surface area contributed by atoms with Crippen LogP contribution in [-0.2, 0) is 23.8 Å². The fourth-order valence-electron chi connectivity index (χ4n) is 2.48. The SMILES string of the molecule is CC(=O)OC[C@H]1O[C@H](c2ccc(N)cc2C)C=C[C@@H]1OC(C)=O. The van der Waals surface area contributed by atoms with Crippen LogP contribution < -0.4 is 5.73 Å². The minimum absolute atomic E-state index is 0.0160. The number of ether oxygens (including phenoxy) is 3. The van der Waals surface area contributed by atoms with E-state index in [1.807, 2.05) is 25.1 Å². The minimum atomic E-state index is -0.586. The normalized spacial score (nSPS) is 23.3. The fourth-order valence-corrected chi connectivity index (χ4v) is 2.48. The molecule has 0 aromatic heterocycles. The van der Waals surface area contributed by atoms with Crippen LogP contribution in [0.15, 0.2) is 30.4 Å². The van der Waals surface area contributed by atoms with Crippen LogP contribution in [0.3, 0.4) is 0 Å². The number of rotatable bonds is 4. The highest BCUT2D eigenvalue weighted by atomic mass is 16.6. The lowest BCUT2D eigenvalue weighted by Crippen LogP contribution is -2.39. The van der Waals surface area contributed by atoms with Gasteiger partial charge in [0.15, 0.2) is 0 Å². The smallest absolute Gasteiger partial charge is 0.303 e. The van der Waals surface area contributed by atoms with Crippen LogP contribution in [-0.4, -0.2) is 30.8 Å². The first-order valence-corrected chi connectivity index (χ1v) is 7.37. The predicted octanol–water partition coefficient (Wildman–Crippen LogP) is 2.07. The Bertz CT molecular complexity index is 625. The Labute approximate surface area is 135 Å². The molecule has 0 spiro atoms. The molecule has 1 aliphatic heterocycles. The summed E-state index contributed by atoms with van der Waals surface area (Å²) in [5.74, 6) is -0.830. The van der Waals surface area contributed by atoms with Gasteiger partial charge in [-0.1, -0.05) is 12.1 Å². The second-order valence-electron chi connectivity index (χ2n) is 5.47. The molecule has 0 aliphatic carbocycles. The van der Waals surface area contributed by atoms with Gasteiger partial charge in [0, 0.05) is 19.5 Å². The van der Waals surface area contributed by atoms with Crippen molar-refractivity contribution in [1.29, 1.82) is 0 Å². The van der Waals surface area contributed by atoms with E-state index in [9.17, 15) is 9.59 Å². The van der Waals surface area contributed by atoms with Crippen LogP contribution in [0.2, 0.25) is 0 Å². The molecule has 1 aromatic rings. The first-order valence-electron chi connectivity index (χ1n) is 7.37. The zero-order valence-corrected chi connectivity index (χ0v) is 13.4. The third-order valence-electron chi connectivity index (χ3n) is 3.52. The highest BCUT2D eigenvalue weighted by molar-refractivity contribution is 5.67. The van der Waals surface area contributed by atoms with E-state index in [4.69, 9.17) is 19.9 Å². The molecule has 0 unspecified atom stereocenters. The van der Waals surface area contributed by atoms with Crippen LogP contribution in [0.4, 0.5) is 5.69 Å². The highest BCUT2D eigenvalue weighted by Crippen LogP contribution is 2.30. The maximum absolute atomic E-state index is 11.2. The average molecular weight is 319 g/mol. The predicted molar refractivity (Wildman–Crippen MR) is 84.5 cm³/mol. The van der Waals surface area contributed by atoms with Gasteiger partial charge in [-0.2, -0.15) is 0 Å². The molecule has 1 heterocycles. The van der Waals surface area contributed by atoms with Crippen molar-refractivity contribution >= 4 is 17.6 Å². The highest BCUT2D eigenvalue weighted by Gasteiger charge is 2.31. The lowest BCUT2D eigenvalue weighted by molar-refractivity contribution is -0.163. The number of anilines is 1. The summed E-state index contributed by atoms with van der Waals surface area (Å²) in [6.07, 6.45) is 2.13. The quantitative estimate of drug-likeness (QED) is 0.519. The number of hydrogen-bond acceptors (Lipinski definition) is 6. The van der Waals surface area contributed by atoms with Gasteiger partial charge in [-0.25, -0.2) is 0 Å². The van der Waals surface area contributed by atoms with Crippen molar-refractivity contribution in [3.8, 4) is 0 Å². The van der Waals surface area contributed by atoms with Gasteiger partial charge in [0.1, 0.15) is 24.9 Å². The molecule has 23 heavy (non-hydrogen) atoms. The molecule has 0 bridgehead atoms. The maximum Gasteiger partial charge on any atom is 0.303 e. The number of carbonyl (C=O) groups is 2. The van der Waals surface area contributed by atoms with E-state index in [1.165, 1.54) is 13.8 Å². The number of hydrogen-bond donors (Lipinski definition) is 1. The van der Waals surface area contributed by atoms with Gasteiger partial charge < -0.3 is 19.9 Å². The molecule has 1 aliphatic rings. The molecule has 2 N–H and O–H groups in total. The summed E-state index contributed by atoms with van der Waals surface area (Å²) in [5, 5.41) is 0. The number of nitrogen functional groups attached to an aromatic ring is 1. The summed E-state index contributed by atoms with van der Waals surface area (Å²) in [5.41, 5.74) is 8.41. The van der Waals surface area contributed by atoms with Gasteiger partial charge in [-0.15, -0.1) is 0 Å². The molecule has 2 rings (SSSR count). The lowest BCUT2D eigenvalue weighted by atomic mass is 9.99. The molecule has 3 atom stereocenters. The van der Waals surface area contributed by atoms with Crippen LogP contribution in [0.1, 0.15) is 31.1 Å². The van der Waals surface area contributed by atoms with E-state index in [-0.39, 0.29) is 12.7 Å². The summed E-state index contributed by atoms with van der Waals surface area (Å²) < 4.78 is 16.2. The largest absolute Gasteiger partial charge is 0.463 e. The van der Waals surface area contributed by atoms with Crippen molar-refractivity contribution in [3.63, 3.8) is 0 Å². The van der Waals surface area contributed by atoms with Crippen molar-refractivity contribution in [2.24, 2.45) is 0 Å². The Hall–Kier alpha value is -2.34. The Morgan fingerprint density at radius 1 is 1.22 bits per heavy atom. The first-order chi connectivity index (χ1) is 10.9. The van der Waals surface area contributed by atoms with E-state index in [2.05, 4.69) is 0 Å². The molecule has 0 saturated carbocycles. The van der Waals surface area contributed by atoms with Gasteiger partial charge in [0.05, 0.1) is 0 Å². The Morgan fingerprint density at radius 3 is 2.57 bits per heavy atom. The van der Waals surface area contributed by atoms with Crippen molar-refractivity contribution in [1.82, 2.24) is 0 Å². The van der Waals surface area contributed by atoms with E-state index < -0.39 is 24.1 Å². The number of aryl methyl sites for hydroxylation is 1. The summed E-state index contributed by atoms with van der Waals surface area (Å²) in [7, 11) is 0. The standard InChI is InChI=1S/C17H21NO5/c1-10-8-13(18)4-5-14(10)15-6-7-16(22-12(3)20)17(23-15)9-21-11(2)19/h4-8,15-17H,9,18H2,1-3H3/t15-,16-,17+/m0/s1. The van der Waals surface area contributed by atoms with Gasteiger partial charge in [0.2, 0.25) is 0 Å². The van der Waals surface area contributed by atoms with Crippen LogP contribution in [0, 0.1) is 6.92 Å². The van der Waals surface area contributed by atoms with Crippen molar-refractivity contribution < 1.29 is 23.8 Å². The van der Waals surface area contributed by atoms with Gasteiger partial charge in [-0.05, 0) is 36.3 Å². The fraction of sp³-hybridized carbons (Fsp3) is 0.412. The summed E-state index contributed by atoms with van der Waals surface area (Å²) in [4.78, 5) is 22.2. The number of benzene rings is 1. The third kappa shape index (κ3) is 4.56. The van der Waals surface area contributed by atoms with Crippen LogP contribution in [0.25, 0.3) is 0 Å². The lowest BCUT2D eigenvalue weighted by Gasteiger charge is -2.32. The van der Waals surface area contributed by atoms with Crippen molar-refractivity contribution in [2.75, 3.05) is 12.3 Å². The van der Waals surface area contributed by atoms with E-state index in [1.54, 1.807) is 12.1 Å². The first kappa shape index (κ1) is 17.0. The van der Waals surface area contributed by atoms with Crippen molar-refractivity contribution in [3.05, 3.63) is 41.5 Å². The molecular formula is C17H21NO5. The van der Waals surface area contributed by atoms with Crippen molar-refractivity contribution in [2.45, 2.75) is 39.1 Å². The Morgan fingerprint density at radius 2 is 1.96 bits per heavy atom. The number of nitrogens with two attached hydrogens (primary N) is 1. The monoisotopic (exact) mass is 319 g/mol. The van der Waals surface area contributed by atoms with Crippen LogP contribution in [0.5, 0.6) is 0 Å². The summed E-state index contributed by atoms with van der Waals surface area (Å²) in [6.45, 7) is 4.61. The molecule has 0 amide bonds. The molecule has 0 radical (unpaired) electrons. The Balaban J connectivity index is 2.20. The number of esters is 2. The minimum Gasteiger partial charge on any atom is -0.463 e. The second kappa shape index (κ2) is 7.28. The van der Waals surface area contributed by atoms with E-state index in [0.29, 0.717) is 5.69 Å². The summed E-state index contributed by atoms with van der Waals surface area (Å²) in [6, 6.07) is 5.57. The maximum atomic E-state index is 11.2. The molecule has 1 aromatic carbocycles. The number of carbonyl (C=O) groups excluding carboxylic acids is 2. The molecule has 6 heteroatoms. The average Bonchev–Trinajstić information content (AvgIpc) is 2.46. The molecule has 0 saturated heterocycles. The molecule has 6 nitrogen and oxygen atoms in total. The van der Waals surface area contributed by atoms with E-state index in [0.717, 1.165) is 11.1 Å². The molecule has 0 fully saturated rings. The summed E-state index contributed by atoms with van der Waals surface area (Å²) >= 11 is 0. The molecule has 124 valence electrons. The Kier molecular flexibility index (Phi) is 5.39. The zero-order valence-electron chi connectivity index (χ0n) is 13.4.